The summed E-state index contributed by atoms with van der Waals surface area (Å²) in [5.41, 5.74) is 0.0642. The normalized spacial score (nSPS) is 11.5. The minimum absolute atomic E-state index is 0.504. The monoisotopic (exact) mass is 234 g/mol. The molecule has 1 N–H and O–H groups in total. The minimum atomic E-state index is -0.534. The highest BCUT2D eigenvalue weighted by atomic mass is 16.6. The molecule has 0 saturated heterocycles. The number of aromatic nitrogens is 4. The molecule has 2 heterocycles. The van der Waals surface area contributed by atoms with Crippen LogP contribution in [0.1, 0.15) is 20.8 Å². The standard InChI is InChI=1S/C11H14N4O2/c1-11(2,3)17-10(16)15-7-4-8(14-15)9-12-5-6-13-9/h4-7H,1-3H3,(H,12,13). The Morgan fingerprint density at radius 3 is 2.82 bits per heavy atom. The average Bonchev–Trinajstić information content (AvgIpc) is 2.86. The van der Waals surface area contributed by atoms with Crippen molar-refractivity contribution < 1.29 is 9.53 Å². The van der Waals surface area contributed by atoms with Crippen LogP contribution in [-0.2, 0) is 4.74 Å². The number of ether oxygens (including phenoxy) is 1. The third kappa shape index (κ3) is 2.72. The summed E-state index contributed by atoms with van der Waals surface area (Å²) in [6.45, 7) is 5.42. The van der Waals surface area contributed by atoms with Gasteiger partial charge in [0.05, 0.1) is 0 Å². The molecule has 0 aromatic carbocycles. The smallest absolute Gasteiger partial charge is 0.435 e. The average molecular weight is 234 g/mol. The number of hydrogen-bond acceptors (Lipinski definition) is 4. The zero-order valence-corrected chi connectivity index (χ0v) is 9.97. The lowest BCUT2D eigenvalue weighted by molar-refractivity contribution is 0.0515. The molecular formula is C11H14N4O2. The summed E-state index contributed by atoms with van der Waals surface area (Å²) in [5, 5.41) is 4.09. The zero-order chi connectivity index (χ0) is 12.5. The first-order valence-electron chi connectivity index (χ1n) is 5.24. The molecule has 0 aliphatic rings. The van der Waals surface area contributed by atoms with E-state index >= 15 is 0 Å². The van der Waals surface area contributed by atoms with Gasteiger partial charge in [0.15, 0.2) is 5.82 Å². The lowest BCUT2D eigenvalue weighted by atomic mass is 10.2. The van der Waals surface area contributed by atoms with Gasteiger partial charge in [-0.05, 0) is 26.8 Å². The van der Waals surface area contributed by atoms with Crippen LogP contribution in [0.25, 0.3) is 11.5 Å². The molecule has 0 bridgehead atoms. The maximum Gasteiger partial charge on any atom is 0.435 e. The highest BCUT2D eigenvalue weighted by Gasteiger charge is 2.18. The van der Waals surface area contributed by atoms with Gasteiger partial charge < -0.3 is 9.72 Å². The van der Waals surface area contributed by atoms with Crippen molar-refractivity contribution in [3.8, 4) is 11.5 Å². The molecule has 0 spiro atoms. The highest BCUT2D eigenvalue weighted by molar-refractivity contribution is 5.70. The number of hydrogen-bond donors (Lipinski definition) is 1. The quantitative estimate of drug-likeness (QED) is 0.819. The van der Waals surface area contributed by atoms with Gasteiger partial charge in [-0.15, -0.1) is 0 Å². The number of H-pyrrole nitrogens is 1. The Balaban J connectivity index is 2.16. The Hall–Kier alpha value is -2.11. The molecular weight excluding hydrogens is 220 g/mol. The van der Waals surface area contributed by atoms with Crippen LogP contribution in [0, 0.1) is 0 Å². The van der Waals surface area contributed by atoms with Gasteiger partial charge in [0.25, 0.3) is 0 Å². The molecule has 0 fully saturated rings. The van der Waals surface area contributed by atoms with E-state index in [1.807, 2.05) is 20.8 Å². The van der Waals surface area contributed by atoms with Gasteiger partial charge >= 0.3 is 6.09 Å². The first-order valence-corrected chi connectivity index (χ1v) is 5.24. The van der Waals surface area contributed by atoms with Crippen LogP contribution < -0.4 is 0 Å². The van der Waals surface area contributed by atoms with Gasteiger partial charge in [0.1, 0.15) is 11.3 Å². The van der Waals surface area contributed by atoms with E-state index in [9.17, 15) is 4.79 Å². The minimum Gasteiger partial charge on any atom is -0.442 e. The highest BCUT2D eigenvalue weighted by Crippen LogP contribution is 2.12. The molecule has 6 nitrogen and oxygen atoms in total. The van der Waals surface area contributed by atoms with Crippen molar-refractivity contribution in [1.29, 1.82) is 0 Å². The third-order valence-electron chi connectivity index (χ3n) is 1.91. The largest absolute Gasteiger partial charge is 0.442 e. The zero-order valence-electron chi connectivity index (χ0n) is 9.97. The Morgan fingerprint density at radius 1 is 1.47 bits per heavy atom. The van der Waals surface area contributed by atoms with Gasteiger partial charge in [-0.2, -0.15) is 9.78 Å². The molecule has 0 amide bonds. The number of aromatic amines is 1. The lowest BCUT2D eigenvalue weighted by Gasteiger charge is -2.18. The van der Waals surface area contributed by atoms with E-state index in [4.69, 9.17) is 4.74 Å². The number of imidazole rings is 1. The molecule has 0 atom stereocenters. The summed E-state index contributed by atoms with van der Waals surface area (Å²) in [6, 6.07) is 1.70. The third-order valence-corrected chi connectivity index (χ3v) is 1.91. The number of nitrogens with one attached hydrogen (secondary N) is 1. The summed E-state index contributed by atoms with van der Waals surface area (Å²) in [6.07, 6.45) is 4.37. The molecule has 0 unspecified atom stereocenters. The van der Waals surface area contributed by atoms with Crippen molar-refractivity contribution >= 4 is 6.09 Å². The van der Waals surface area contributed by atoms with Crippen LogP contribution in [0.15, 0.2) is 24.7 Å². The molecule has 0 saturated carbocycles. The second-order valence-electron chi connectivity index (χ2n) is 4.56. The molecule has 0 aliphatic heterocycles. The van der Waals surface area contributed by atoms with Crippen LogP contribution in [-0.4, -0.2) is 31.4 Å². The molecule has 0 radical (unpaired) electrons. The summed E-state index contributed by atoms with van der Waals surface area (Å²) < 4.78 is 6.34. The summed E-state index contributed by atoms with van der Waals surface area (Å²) in [4.78, 5) is 18.7. The predicted molar refractivity (Wildman–Crippen MR) is 61.4 cm³/mol. The van der Waals surface area contributed by atoms with Gasteiger partial charge in [0, 0.05) is 18.6 Å². The maximum atomic E-state index is 11.7. The van der Waals surface area contributed by atoms with Crippen molar-refractivity contribution in [2.45, 2.75) is 26.4 Å². The van der Waals surface area contributed by atoms with E-state index in [2.05, 4.69) is 15.1 Å². The first-order chi connectivity index (χ1) is 7.96. The molecule has 6 heteroatoms. The van der Waals surface area contributed by atoms with Gasteiger partial charge in [0.2, 0.25) is 0 Å². The van der Waals surface area contributed by atoms with E-state index in [0.717, 1.165) is 4.68 Å². The van der Waals surface area contributed by atoms with Gasteiger partial charge in [-0.3, -0.25) is 0 Å². The Bertz CT molecular complexity index is 508. The molecule has 17 heavy (non-hydrogen) atoms. The molecule has 0 aliphatic carbocycles. The van der Waals surface area contributed by atoms with E-state index in [0.29, 0.717) is 11.5 Å². The van der Waals surface area contributed by atoms with Crippen molar-refractivity contribution in [3.05, 3.63) is 24.7 Å². The van der Waals surface area contributed by atoms with Crippen LogP contribution in [0.3, 0.4) is 0 Å². The Kier molecular flexibility index (Phi) is 2.71. The summed E-state index contributed by atoms with van der Waals surface area (Å²) in [7, 11) is 0. The fraction of sp³-hybridized carbons (Fsp3) is 0.364. The van der Waals surface area contributed by atoms with E-state index in [-0.39, 0.29) is 0 Å². The Morgan fingerprint density at radius 2 is 2.24 bits per heavy atom. The van der Waals surface area contributed by atoms with Crippen LogP contribution >= 0.6 is 0 Å². The maximum absolute atomic E-state index is 11.7. The van der Waals surface area contributed by atoms with Crippen molar-refractivity contribution in [3.63, 3.8) is 0 Å². The van der Waals surface area contributed by atoms with Crippen LogP contribution in [0.2, 0.25) is 0 Å². The first kappa shape index (κ1) is 11.4. The summed E-state index contributed by atoms with van der Waals surface area (Å²) >= 11 is 0. The summed E-state index contributed by atoms with van der Waals surface area (Å²) in [5.74, 6) is 0.618. The second kappa shape index (κ2) is 4.04. The van der Waals surface area contributed by atoms with Crippen LogP contribution in [0.5, 0.6) is 0 Å². The molecule has 2 rings (SSSR count). The fourth-order valence-corrected chi connectivity index (χ4v) is 1.27. The number of carbonyl (C=O) groups is 1. The number of rotatable bonds is 1. The SMILES string of the molecule is CC(C)(C)OC(=O)n1ccc(-c2ncc[nH]2)n1. The number of carbonyl (C=O) groups excluding carboxylic acids is 1. The number of nitrogens with zero attached hydrogens (tertiary/aromatic N) is 3. The van der Waals surface area contributed by atoms with E-state index < -0.39 is 11.7 Å². The van der Waals surface area contributed by atoms with E-state index in [1.54, 1.807) is 24.7 Å². The Labute approximate surface area is 98.6 Å². The molecule has 2 aromatic rings. The predicted octanol–water partition coefficient (Wildman–Crippen LogP) is 2.06. The lowest BCUT2D eigenvalue weighted by Crippen LogP contribution is -2.27. The second-order valence-corrected chi connectivity index (χ2v) is 4.56. The topological polar surface area (TPSA) is 72.8 Å². The van der Waals surface area contributed by atoms with Gasteiger partial charge in [-0.1, -0.05) is 0 Å². The van der Waals surface area contributed by atoms with Gasteiger partial charge in [-0.25, -0.2) is 9.78 Å². The van der Waals surface area contributed by atoms with Crippen LogP contribution in [0.4, 0.5) is 4.79 Å². The van der Waals surface area contributed by atoms with Crippen molar-refractivity contribution in [2.24, 2.45) is 0 Å². The molecule has 90 valence electrons. The van der Waals surface area contributed by atoms with Crippen molar-refractivity contribution in [2.75, 3.05) is 0 Å². The van der Waals surface area contributed by atoms with E-state index in [1.165, 1.54) is 0 Å². The fourth-order valence-electron chi connectivity index (χ4n) is 1.27. The molecule has 2 aromatic heterocycles. The van der Waals surface area contributed by atoms with Crippen molar-refractivity contribution in [1.82, 2.24) is 19.7 Å².